The molecule has 0 fully saturated rings. The van der Waals surface area contributed by atoms with E-state index in [0.717, 1.165) is 11.4 Å². The number of halogens is 2. The van der Waals surface area contributed by atoms with Crippen LogP contribution < -0.4 is 10.2 Å². The van der Waals surface area contributed by atoms with E-state index < -0.39 is 5.82 Å². The molecule has 6 heteroatoms. The SMILES string of the molecule is O=C(CCN1c2ccccc2Sc2ccccc21)Nc1ccc(F)c(Cl)c1. The molecule has 0 aliphatic carbocycles. The minimum atomic E-state index is -0.506. The van der Waals surface area contributed by atoms with E-state index in [0.29, 0.717) is 18.7 Å². The zero-order chi connectivity index (χ0) is 18.8. The number of fused-ring (bicyclic) bond motifs is 2. The molecule has 3 aromatic rings. The number of carbonyl (C=O) groups excluding carboxylic acids is 1. The van der Waals surface area contributed by atoms with Crippen LogP contribution in [0.2, 0.25) is 5.02 Å². The normalized spacial score (nSPS) is 12.3. The molecule has 1 aliphatic rings. The maximum Gasteiger partial charge on any atom is 0.226 e. The average Bonchev–Trinajstić information content (AvgIpc) is 2.68. The van der Waals surface area contributed by atoms with E-state index in [2.05, 4.69) is 34.5 Å². The van der Waals surface area contributed by atoms with Crippen molar-refractivity contribution in [3.63, 3.8) is 0 Å². The lowest BCUT2D eigenvalue weighted by Crippen LogP contribution is -2.25. The van der Waals surface area contributed by atoms with Crippen LogP contribution in [0.5, 0.6) is 0 Å². The molecule has 1 heterocycles. The molecule has 136 valence electrons. The van der Waals surface area contributed by atoms with Crippen molar-refractivity contribution >= 4 is 46.3 Å². The van der Waals surface area contributed by atoms with Gasteiger partial charge in [-0.1, -0.05) is 47.6 Å². The summed E-state index contributed by atoms with van der Waals surface area (Å²) in [7, 11) is 0. The van der Waals surface area contributed by atoms with Crippen molar-refractivity contribution in [2.45, 2.75) is 16.2 Å². The molecule has 0 spiro atoms. The van der Waals surface area contributed by atoms with Crippen molar-refractivity contribution in [1.29, 1.82) is 0 Å². The first-order valence-electron chi connectivity index (χ1n) is 8.50. The number of hydrogen-bond acceptors (Lipinski definition) is 3. The van der Waals surface area contributed by atoms with Crippen LogP contribution in [0.1, 0.15) is 6.42 Å². The summed E-state index contributed by atoms with van der Waals surface area (Å²) in [6.45, 7) is 0.537. The largest absolute Gasteiger partial charge is 0.339 e. The monoisotopic (exact) mass is 398 g/mol. The number of benzene rings is 3. The second-order valence-electron chi connectivity index (χ2n) is 6.12. The van der Waals surface area contributed by atoms with Gasteiger partial charge in [-0.25, -0.2) is 4.39 Å². The Bertz CT molecular complexity index is 965. The van der Waals surface area contributed by atoms with Crippen LogP contribution in [0.3, 0.4) is 0 Å². The number of nitrogens with zero attached hydrogens (tertiary/aromatic N) is 1. The lowest BCUT2D eigenvalue weighted by molar-refractivity contribution is -0.116. The summed E-state index contributed by atoms with van der Waals surface area (Å²) in [4.78, 5) is 16.9. The average molecular weight is 399 g/mol. The fourth-order valence-corrected chi connectivity index (χ4v) is 4.31. The Morgan fingerprint density at radius 1 is 1.00 bits per heavy atom. The van der Waals surface area contributed by atoms with Crippen LogP contribution in [0.15, 0.2) is 76.5 Å². The third-order valence-electron chi connectivity index (χ3n) is 4.30. The summed E-state index contributed by atoms with van der Waals surface area (Å²) < 4.78 is 13.3. The molecule has 3 aromatic carbocycles. The topological polar surface area (TPSA) is 32.3 Å². The number of nitrogens with one attached hydrogen (secondary N) is 1. The summed E-state index contributed by atoms with van der Waals surface area (Å²) in [6, 6.07) is 20.5. The second kappa shape index (κ2) is 7.62. The van der Waals surface area contributed by atoms with Gasteiger partial charge in [-0.05, 0) is 42.5 Å². The summed E-state index contributed by atoms with van der Waals surface area (Å²) in [5.74, 6) is -0.653. The second-order valence-corrected chi connectivity index (χ2v) is 7.61. The maximum absolute atomic E-state index is 13.3. The Morgan fingerprint density at radius 3 is 2.26 bits per heavy atom. The first kappa shape index (κ1) is 17.9. The van der Waals surface area contributed by atoms with E-state index in [-0.39, 0.29) is 10.9 Å². The lowest BCUT2D eigenvalue weighted by atomic mass is 10.2. The number of carbonyl (C=O) groups is 1. The fourth-order valence-electron chi connectivity index (χ4n) is 3.03. The maximum atomic E-state index is 13.3. The summed E-state index contributed by atoms with van der Waals surface area (Å²) in [6.07, 6.45) is 0.294. The molecule has 4 rings (SSSR count). The molecule has 0 bridgehead atoms. The minimum Gasteiger partial charge on any atom is -0.339 e. The third kappa shape index (κ3) is 3.80. The number of amides is 1. The molecule has 27 heavy (non-hydrogen) atoms. The smallest absolute Gasteiger partial charge is 0.226 e. The van der Waals surface area contributed by atoms with Gasteiger partial charge in [0.25, 0.3) is 0 Å². The Kier molecular flexibility index (Phi) is 5.05. The standard InChI is InChI=1S/C21H16ClFN2OS/c22-15-13-14(9-10-16(15)23)24-21(26)11-12-25-17-5-1-3-7-19(17)27-20-8-4-2-6-18(20)25/h1-10,13H,11-12H2,(H,24,26). The van der Waals surface area contributed by atoms with E-state index >= 15 is 0 Å². The quantitative estimate of drug-likeness (QED) is 0.575. The Labute approximate surface area is 166 Å². The number of rotatable bonds is 4. The highest BCUT2D eigenvalue weighted by molar-refractivity contribution is 7.99. The van der Waals surface area contributed by atoms with Gasteiger partial charge in [0.15, 0.2) is 0 Å². The van der Waals surface area contributed by atoms with Gasteiger partial charge in [-0.3, -0.25) is 4.79 Å². The molecule has 1 N–H and O–H groups in total. The third-order valence-corrected chi connectivity index (χ3v) is 5.72. The van der Waals surface area contributed by atoms with Gasteiger partial charge in [-0.15, -0.1) is 0 Å². The summed E-state index contributed by atoms with van der Waals surface area (Å²) >= 11 is 7.51. The molecular formula is C21H16ClFN2OS. The Balaban J connectivity index is 1.51. The minimum absolute atomic E-state index is 0.0105. The molecule has 0 aromatic heterocycles. The van der Waals surface area contributed by atoms with E-state index in [1.54, 1.807) is 11.8 Å². The molecule has 0 saturated heterocycles. The zero-order valence-corrected chi connectivity index (χ0v) is 15.9. The highest BCUT2D eigenvalue weighted by atomic mass is 35.5. The van der Waals surface area contributed by atoms with E-state index in [1.165, 1.54) is 28.0 Å². The van der Waals surface area contributed by atoms with Crippen LogP contribution in [0.4, 0.5) is 21.5 Å². The first-order valence-corrected chi connectivity index (χ1v) is 9.69. The van der Waals surface area contributed by atoms with Crippen molar-refractivity contribution in [2.75, 3.05) is 16.8 Å². The van der Waals surface area contributed by atoms with Gasteiger partial charge in [0, 0.05) is 28.4 Å². The van der Waals surface area contributed by atoms with Crippen LogP contribution in [0.25, 0.3) is 0 Å². The van der Waals surface area contributed by atoms with Gasteiger partial charge in [0.2, 0.25) is 5.91 Å². The van der Waals surface area contributed by atoms with E-state index in [1.807, 2.05) is 24.3 Å². The molecule has 1 amide bonds. The first-order chi connectivity index (χ1) is 13.1. The van der Waals surface area contributed by atoms with Gasteiger partial charge < -0.3 is 10.2 Å². The molecular weight excluding hydrogens is 383 g/mol. The van der Waals surface area contributed by atoms with Crippen LogP contribution >= 0.6 is 23.4 Å². The molecule has 1 aliphatic heterocycles. The van der Waals surface area contributed by atoms with Crippen molar-refractivity contribution < 1.29 is 9.18 Å². The predicted octanol–water partition coefficient (Wildman–Crippen LogP) is 6.11. The lowest BCUT2D eigenvalue weighted by Gasteiger charge is -2.32. The number of para-hydroxylation sites is 2. The van der Waals surface area contributed by atoms with Gasteiger partial charge in [0.05, 0.1) is 16.4 Å². The van der Waals surface area contributed by atoms with Gasteiger partial charge in [0.1, 0.15) is 5.82 Å². The van der Waals surface area contributed by atoms with Crippen molar-refractivity contribution in [3.8, 4) is 0 Å². The fraction of sp³-hybridized carbons (Fsp3) is 0.0952. The van der Waals surface area contributed by atoms with Crippen molar-refractivity contribution in [3.05, 3.63) is 77.6 Å². The number of hydrogen-bond donors (Lipinski definition) is 1. The predicted molar refractivity (Wildman–Crippen MR) is 109 cm³/mol. The van der Waals surface area contributed by atoms with Crippen molar-refractivity contribution in [2.24, 2.45) is 0 Å². The van der Waals surface area contributed by atoms with Crippen LogP contribution in [-0.4, -0.2) is 12.5 Å². The molecule has 0 unspecified atom stereocenters. The van der Waals surface area contributed by atoms with Crippen molar-refractivity contribution in [1.82, 2.24) is 0 Å². The van der Waals surface area contributed by atoms with Crippen LogP contribution in [-0.2, 0) is 4.79 Å². The Morgan fingerprint density at radius 2 is 1.63 bits per heavy atom. The molecule has 3 nitrogen and oxygen atoms in total. The highest BCUT2D eigenvalue weighted by Crippen LogP contribution is 2.47. The highest BCUT2D eigenvalue weighted by Gasteiger charge is 2.23. The van der Waals surface area contributed by atoms with Crippen LogP contribution in [0, 0.1) is 5.82 Å². The molecule has 0 atom stereocenters. The zero-order valence-electron chi connectivity index (χ0n) is 14.3. The van der Waals surface area contributed by atoms with E-state index in [9.17, 15) is 9.18 Å². The van der Waals surface area contributed by atoms with E-state index in [4.69, 9.17) is 11.6 Å². The van der Waals surface area contributed by atoms with Gasteiger partial charge in [-0.2, -0.15) is 0 Å². The Hall–Kier alpha value is -2.50. The summed E-state index contributed by atoms with van der Waals surface area (Å²) in [5, 5.41) is 2.77. The van der Waals surface area contributed by atoms with Gasteiger partial charge >= 0.3 is 0 Å². The summed E-state index contributed by atoms with van der Waals surface area (Å²) in [5.41, 5.74) is 2.68. The molecule has 0 saturated carbocycles. The number of anilines is 3. The molecule has 0 radical (unpaired) electrons.